The highest BCUT2D eigenvalue weighted by Crippen LogP contribution is 2.36. The van der Waals surface area contributed by atoms with E-state index in [-0.39, 0.29) is 23.1 Å². The molecule has 0 unspecified atom stereocenters. The van der Waals surface area contributed by atoms with E-state index in [2.05, 4.69) is 20.7 Å². The van der Waals surface area contributed by atoms with E-state index in [1.54, 1.807) is 24.3 Å². The van der Waals surface area contributed by atoms with Crippen LogP contribution in [0.2, 0.25) is 0 Å². The average Bonchev–Trinajstić information content (AvgIpc) is 2.95. The minimum absolute atomic E-state index is 0.300. The van der Waals surface area contributed by atoms with Crippen molar-refractivity contribution in [1.82, 2.24) is 0 Å². The van der Waals surface area contributed by atoms with Gasteiger partial charge in [0.1, 0.15) is 0 Å². The van der Waals surface area contributed by atoms with E-state index in [0.29, 0.717) is 11.1 Å². The number of benzene rings is 2. The molecule has 1 fully saturated rings. The van der Waals surface area contributed by atoms with Crippen molar-refractivity contribution in [3.8, 4) is 0 Å². The molecular formula is C24H30BBrO6. The normalized spacial score (nSPS) is 16.1. The van der Waals surface area contributed by atoms with E-state index < -0.39 is 7.12 Å². The molecule has 0 radical (unpaired) electrons. The lowest BCUT2D eigenvalue weighted by molar-refractivity contribution is 0.00578. The van der Waals surface area contributed by atoms with Gasteiger partial charge in [0.2, 0.25) is 0 Å². The third kappa shape index (κ3) is 5.79. The molecule has 6 nitrogen and oxygen atoms in total. The lowest BCUT2D eigenvalue weighted by atomic mass is 9.76. The topological polar surface area (TPSA) is 71.1 Å². The van der Waals surface area contributed by atoms with Crippen LogP contribution in [-0.2, 0) is 18.8 Å². The maximum atomic E-state index is 11.5. The Morgan fingerprint density at radius 1 is 0.812 bits per heavy atom. The number of ether oxygens (including phenoxy) is 2. The maximum absolute atomic E-state index is 11.5. The number of esters is 2. The number of hydrogen-bond acceptors (Lipinski definition) is 6. The Morgan fingerprint density at radius 2 is 1.25 bits per heavy atom. The zero-order valence-corrected chi connectivity index (χ0v) is 21.5. The van der Waals surface area contributed by atoms with Crippen molar-refractivity contribution in [1.29, 1.82) is 0 Å². The number of carbonyl (C=O) groups is 2. The van der Waals surface area contributed by atoms with Crippen LogP contribution in [0.3, 0.4) is 0 Å². The molecule has 2 aromatic rings. The van der Waals surface area contributed by atoms with Crippen molar-refractivity contribution < 1.29 is 28.4 Å². The van der Waals surface area contributed by atoms with E-state index in [9.17, 15) is 9.59 Å². The minimum Gasteiger partial charge on any atom is -0.465 e. The van der Waals surface area contributed by atoms with Crippen LogP contribution in [0, 0.1) is 13.8 Å². The van der Waals surface area contributed by atoms with Crippen LogP contribution >= 0.6 is 15.9 Å². The van der Waals surface area contributed by atoms with Crippen LogP contribution < -0.4 is 5.46 Å². The molecule has 0 spiro atoms. The highest BCUT2D eigenvalue weighted by atomic mass is 79.9. The smallest absolute Gasteiger partial charge is 0.465 e. The van der Waals surface area contributed by atoms with Crippen molar-refractivity contribution in [3.63, 3.8) is 0 Å². The number of carbonyl (C=O) groups excluding carboxylic acids is 2. The highest BCUT2D eigenvalue weighted by Gasteiger charge is 2.52. The Bertz CT molecular complexity index is 986. The standard InChI is InChI=1S/C15H21BO4.C9H9BrO2/c1-10-9-11(13(17)18-6)7-8-12(10)16-19-14(2,3)15(4,5)20-16;1-6-5-7(9(11)12-2)3-4-8(6)10/h7-9H,1-6H3;3-5H,1-2H3. The Morgan fingerprint density at radius 3 is 1.66 bits per heavy atom. The summed E-state index contributed by atoms with van der Waals surface area (Å²) in [7, 11) is 2.34. The van der Waals surface area contributed by atoms with Gasteiger partial charge >= 0.3 is 19.1 Å². The second-order valence-corrected chi connectivity index (χ2v) is 9.46. The molecule has 8 heteroatoms. The third-order valence-corrected chi connectivity index (χ3v) is 6.67. The van der Waals surface area contributed by atoms with Crippen LogP contribution in [0.5, 0.6) is 0 Å². The molecule has 0 aliphatic carbocycles. The van der Waals surface area contributed by atoms with Crippen LogP contribution in [0.15, 0.2) is 40.9 Å². The number of halogens is 1. The molecule has 0 bridgehead atoms. The molecule has 3 rings (SSSR count). The second kappa shape index (κ2) is 10.2. The van der Waals surface area contributed by atoms with Crippen molar-refractivity contribution in [2.24, 2.45) is 0 Å². The summed E-state index contributed by atoms with van der Waals surface area (Å²) in [6.07, 6.45) is 0. The summed E-state index contributed by atoms with van der Waals surface area (Å²) in [5.41, 5.74) is 3.29. The van der Waals surface area contributed by atoms with Gasteiger partial charge in [0.15, 0.2) is 0 Å². The molecule has 0 saturated carbocycles. The molecule has 1 aliphatic heterocycles. The van der Waals surface area contributed by atoms with E-state index in [1.807, 2.05) is 53.7 Å². The van der Waals surface area contributed by atoms with Crippen molar-refractivity contribution in [2.45, 2.75) is 52.7 Å². The SMILES string of the molecule is COC(=O)c1ccc(B2OC(C)(C)C(C)(C)O2)c(C)c1.COC(=O)c1ccc(Br)c(C)c1. The highest BCUT2D eigenvalue weighted by molar-refractivity contribution is 9.10. The van der Waals surface area contributed by atoms with Gasteiger partial charge in [0.25, 0.3) is 0 Å². The Kier molecular flexibility index (Phi) is 8.31. The average molecular weight is 505 g/mol. The summed E-state index contributed by atoms with van der Waals surface area (Å²) >= 11 is 3.35. The molecule has 32 heavy (non-hydrogen) atoms. The van der Waals surface area contributed by atoms with Gasteiger partial charge in [0.05, 0.1) is 36.5 Å². The molecule has 0 atom stereocenters. The summed E-state index contributed by atoms with van der Waals surface area (Å²) in [5.74, 6) is -0.640. The molecule has 172 valence electrons. The van der Waals surface area contributed by atoms with Gasteiger partial charge in [-0.15, -0.1) is 0 Å². The Hall–Kier alpha value is -2.16. The van der Waals surface area contributed by atoms with E-state index >= 15 is 0 Å². The van der Waals surface area contributed by atoms with E-state index in [4.69, 9.17) is 14.0 Å². The number of hydrogen-bond donors (Lipinski definition) is 0. The maximum Gasteiger partial charge on any atom is 0.495 e. The summed E-state index contributed by atoms with van der Waals surface area (Å²) in [6, 6.07) is 10.7. The Balaban J connectivity index is 0.000000258. The molecule has 2 aromatic carbocycles. The first-order chi connectivity index (χ1) is 14.8. The monoisotopic (exact) mass is 504 g/mol. The zero-order valence-electron chi connectivity index (χ0n) is 19.9. The number of aryl methyl sites for hydroxylation is 2. The molecule has 1 aliphatic rings. The molecule has 1 saturated heterocycles. The van der Waals surface area contributed by atoms with Gasteiger partial charge in [-0.25, -0.2) is 9.59 Å². The molecular weight excluding hydrogens is 475 g/mol. The first kappa shape index (κ1) is 26.1. The van der Waals surface area contributed by atoms with Crippen LogP contribution in [-0.4, -0.2) is 44.5 Å². The lowest BCUT2D eigenvalue weighted by Gasteiger charge is -2.32. The van der Waals surface area contributed by atoms with Crippen molar-refractivity contribution >= 4 is 40.4 Å². The first-order valence-electron chi connectivity index (χ1n) is 10.2. The van der Waals surface area contributed by atoms with Crippen molar-refractivity contribution in [2.75, 3.05) is 14.2 Å². The fourth-order valence-electron chi connectivity index (χ4n) is 3.04. The van der Waals surface area contributed by atoms with E-state index in [0.717, 1.165) is 21.1 Å². The lowest BCUT2D eigenvalue weighted by Crippen LogP contribution is -2.41. The quantitative estimate of drug-likeness (QED) is 0.448. The van der Waals surface area contributed by atoms with Crippen LogP contribution in [0.25, 0.3) is 0 Å². The third-order valence-electron chi connectivity index (χ3n) is 5.78. The predicted molar refractivity (Wildman–Crippen MR) is 128 cm³/mol. The van der Waals surface area contributed by atoms with Gasteiger partial charge in [-0.3, -0.25) is 0 Å². The number of methoxy groups -OCH3 is 2. The summed E-state index contributed by atoms with van der Waals surface area (Å²) in [5, 5.41) is 0. The molecule has 0 amide bonds. The van der Waals surface area contributed by atoms with Crippen LogP contribution in [0.4, 0.5) is 0 Å². The van der Waals surface area contributed by atoms with Gasteiger partial charge in [0, 0.05) is 4.47 Å². The summed E-state index contributed by atoms with van der Waals surface area (Å²) < 4.78 is 22.3. The van der Waals surface area contributed by atoms with E-state index in [1.165, 1.54) is 14.2 Å². The van der Waals surface area contributed by atoms with Gasteiger partial charge in [-0.1, -0.05) is 27.6 Å². The van der Waals surface area contributed by atoms with Gasteiger partial charge in [-0.2, -0.15) is 0 Å². The van der Waals surface area contributed by atoms with Gasteiger partial charge < -0.3 is 18.8 Å². The Labute approximate surface area is 198 Å². The zero-order chi connectivity index (χ0) is 24.3. The molecule has 1 heterocycles. The summed E-state index contributed by atoms with van der Waals surface area (Å²) in [6.45, 7) is 11.9. The molecule has 0 N–H and O–H groups in total. The fourth-order valence-corrected chi connectivity index (χ4v) is 3.29. The second-order valence-electron chi connectivity index (χ2n) is 8.61. The minimum atomic E-state index is -0.410. The number of rotatable bonds is 3. The summed E-state index contributed by atoms with van der Waals surface area (Å²) in [4.78, 5) is 22.6. The van der Waals surface area contributed by atoms with Gasteiger partial charge in [-0.05, 0) is 82.9 Å². The molecule has 0 aromatic heterocycles. The predicted octanol–water partition coefficient (Wildman–Crippen LogP) is 4.62. The first-order valence-corrected chi connectivity index (χ1v) is 11.0. The van der Waals surface area contributed by atoms with Crippen molar-refractivity contribution in [3.05, 3.63) is 63.1 Å². The fraction of sp³-hybridized carbons (Fsp3) is 0.417. The largest absolute Gasteiger partial charge is 0.495 e. The van der Waals surface area contributed by atoms with Crippen LogP contribution in [0.1, 0.15) is 59.5 Å².